The molecule has 1 aromatic carbocycles. The third-order valence-electron chi connectivity index (χ3n) is 1.91. The van der Waals surface area contributed by atoms with Crippen molar-refractivity contribution in [3.05, 3.63) is 24.3 Å². The molecule has 0 saturated heterocycles. The van der Waals surface area contributed by atoms with Crippen molar-refractivity contribution in [1.82, 2.24) is 0 Å². The second-order valence-corrected chi connectivity index (χ2v) is 2.89. The van der Waals surface area contributed by atoms with E-state index < -0.39 is 6.10 Å². The van der Waals surface area contributed by atoms with Gasteiger partial charge in [-0.1, -0.05) is 12.1 Å². The number of nitrogens with one attached hydrogen (secondary N) is 1. The molecule has 4 heteroatoms. The van der Waals surface area contributed by atoms with Gasteiger partial charge in [0.15, 0.2) is 11.5 Å². The van der Waals surface area contributed by atoms with E-state index in [-0.39, 0.29) is 12.3 Å². The molecule has 2 rings (SSSR count). The number of para-hydroxylation sites is 2. The Labute approximate surface area is 81.2 Å². The second-order valence-electron chi connectivity index (χ2n) is 2.89. The molecule has 0 aliphatic carbocycles. The molecule has 14 heavy (non-hydrogen) atoms. The molecule has 1 aromatic rings. The van der Waals surface area contributed by atoms with Crippen LogP contribution >= 0.6 is 0 Å². The Morgan fingerprint density at radius 1 is 1.36 bits per heavy atom. The van der Waals surface area contributed by atoms with E-state index in [1.54, 1.807) is 18.2 Å². The van der Waals surface area contributed by atoms with Crippen molar-refractivity contribution in [2.24, 2.45) is 0 Å². The molecule has 1 aliphatic heterocycles. The van der Waals surface area contributed by atoms with Gasteiger partial charge in [0.05, 0.1) is 0 Å². The minimum Gasteiger partial charge on any atom is -0.484 e. The van der Waals surface area contributed by atoms with E-state index in [0.717, 1.165) is 0 Å². The van der Waals surface area contributed by atoms with Crippen LogP contribution in [0.2, 0.25) is 0 Å². The number of rotatable bonds is 0. The van der Waals surface area contributed by atoms with Gasteiger partial charge in [0.1, 0.15) is 18.4 Å². The molecule has 1 atom stereocenters. The summed E-state index contributed by atoms with van der Waals surface area (Å²) >= 11 is 0. The van der Waals surface area contributed by atoms with Gasteiger partial charge in [-0.15, -0.1) is 0 Å². The van der Waals surface area contributed by atoms with Gasteiger partial charge in [0.25, 0.3) is 0 Å². The minimum absolute atomic E-state index is 0.106. The lowest BCUT2D eigenvalue weighted by atomic mass is 10.2. The fraction of sp³-hybridized carbons (Fsp3) is 0.200. The van der Waals surface area contributed by atoms with Crippen LogP contribution in [0.4, 0.5) is 0 Å². The number of hydrogen-bond acceptors (Lipinski definition) is 4. The summed E-state index contributed by atoms with van der Waals surface area (Å²) in [6.07, 6.45) is -0.835. The van der Waals surface area contributed by atoms with Crippen molar-refractivity contribution in [2.75, 3.05) is 6.61 Å². The Balaban J connectivity index is 2.36. The molecular formula is C10H8N2O2. The standard InChI is InChI=1S/C10H8N2O2/c11-5-10-7(12)6-13-8-3-1-2-4-9(8)14-10/h1-4,10,12H,6H2. The van der Waals surface area contributed by atoms with Crippen molar-refractivity contribution in [3.8, 4) is 17.6 Å². The fourth-order valence-corrected chi connectivity index (χ4v) is 1.20. The van der Waals surface area contributed by atoms with E-state index in [9.17, 15) is 0 Å². The van der Waals surface area contributed by atoms with Crippen LogP contribution in [0, 0.1) is 16.7 Å². The van der Waals surface area contributed by atoms with Crippen LogP contribution in [0.3, 0.4) is 0 Å². The second kappa shape index (κ2) is 3.38. The maximum Gasteiger partial charge on any atom is 0.225 e. The molecule has 70 valence electrons. The van der Waals surface area contributed by atoms with Gasteiger partial charge in [-0.25, -0.2) is 0 Å². The Kier molecular flexibility index (Phi) is 2.07. The van der Waals surface area contributed by atoms with Crippen LogP contribution in [0.15, 0.2) is 24.3 Å². The monoisotopic (exact) mass is 188 g/mol. The lowest BCUT2D eigenvalue weighted by Crippen LogP contribution is -2.27. The van der Waals surface area contributed by atoms with Crippen LogP contribution in [0.1, 0.15) is 0 Å². The van der Waals surface area contributed by atoms with E-state index in [1.165, 1.54) is 0 Å². The van der Waals surface area contributed by atoms with E-state index in [4.69, 9.17) is 20.1 Å². The SMILES string of the molecule is N#CC1Oc2ccccc2OCC1=N. The molecule has 4 nitrogen and oxygen atoms in total. The Bertz CT molecular complexity index is 409. The molecule has 0 saturated carbocycles. The highest BCUT2D eigenvalue weighted by Gasteiger charge is 2.22. The van der Waals surface area contributed by atoms with Gasteiger partial charge < -0.3 is 14.9 Å². The molecule has 1 aliphatic rings. The third kappa shape index (κ3) is 1.40. The van der Waals surface area contributed by atoms with E-state index in [2.05, 4.69) is 0 Å². The van der Waals surface area contributed by atoms with Gasteiger partial charge in [0.2, 0.25) is 6.10 Å². The van der Waals surface area contributed by atoms with Crippen LogP contribution < -0.4 is 9.47 Å². The minimum atomic E-state index is -0.835. The topological polar surface area (TPSA) is 66.1 Å². The summed E-state index contributed by atoms with van der Waals surface area (Å²) in [5, 5.41) is 16.2. The number of hydrogen-bond donors (Lipinski definition) is 1. The molecular weight excluding hydrogens is 180 g/mol. The highest BCUT2D eigenvalue weighted by atomic mass is 16.5. The zero-order valence-corrected chi connectivity index (χ0v) is 7.36. The van der Waals surface area contributed by atoms with Crippen molar-refractivity contribution < 1.29 is 9.47 Å². The molecule has 1 unspecified atom stereocenters. The predicted molar refractivity (Wildman–Crippen MR) is 49.7 cm³/mol. The van der Waals surface area contributed by atoms with Crippen LogP contribution in [0.25, 0.3) is 0 Å². The first kappa shape index (κ1) is 8.57. The zero-order chi connectivity index (χ0) is 9.97. The summed E-state index contributed by atoms with van der Waals surface area (Å²) in [5.41, 5.74) is 0.142. The van der Waals surface area contributed by atoms with Gasteiger partial charge in [-0.05, 0) is 12.1 Å². The fourth-order valence-electron chi connectivity index (χ4n) is 1.20. The Morgan fingerprint density at radius 2 is 2.07 bits per heavy atom. The number of benzene rings is 1. The first-order valence-electron chi connectivity index (χ1n) is 4.16. The normalized spacial score (nSPS) is 19.6. The number of nitriles is 1. The van der Waals surface area contributed by atoms with Gasteiger partial charge in [-0.2, -0.15) is 5.26 Å². The predicted octanol–water partition coefficient (Wildman–Crippen LogP) is 1.37. The average Bonchev–Trinajstić information content (AvgIpc) is 2.38. The first-order valence-corrected chi connectivity index (χ1v) is 4.16. The van der Waals surface area contributed by atoms with Crippen LogP contribution in [-0.4, -0.2) is 18.4 Å². The number of fused-ring (bicyclic) bond motifs is 1. The lowest BCUT2D eigenvalue weighted by Gasteiger charge is -2.07. The summed E-state index contributed by atoms with van der Waals surface area (Å²) in [6.45, 7) is 0.106. The Morgan fingerprint density at radius 3 is 2.79 bits per heavy atom. The average molecular weight is 188 g/mol. The number of nitrogens with zero attached hydrogens (tertiary/aromatic N) is 1. The van der Waals surface area contributed by atoms with Crippen LogP contribution in [0.5, 0.6) is 11.5 Å². The molecule has 0 spiro atoms. The van der Waals surface area contributed by atoms with E-state index >= 15 is 0 Å². The highest BCUT2D eigenvalue weighted by Crippen LogP contribution is 2.29. The first-order chi connectivity index (χ1) is 6.81. The molecule has 0 fully saturated rings. The largest absolute Gasteiger partial charge is 0.484 e. The highest BCUT2D eigenvalue weighted by molar-refractivity contribution is 5.90. The zero-order valence-electron chi connectivity index (χ0n) is 7.36. The third-order valence-corrected chi connectivity index (χ3v) is 1.91. The smallest absolute Gasteiger partial charge is 0.225 e. The van der Waals surface area contributed by atoms with Gasteiger partial charge in [-0.3, -0.25) is 0 Å². The van der Waals surface area contributed by atoms with Gasteiger partial charge in [0, 0.05) is 0 Å². The van der Waals surface area contributed by atoms with Crippen molar-refractivity contribution in [1.29, 1.82) is 10.7 Å². The lowest BCUT2D eigenvalue weighted by molar-refractivity contribution is 0.315. The van der Waals surface area contributed by atoms with Crippen molar-refractivity contribution in [3.63, 3.8) is 0 Å². The molecule has 1 heterocycles. The summed E-state index contributed by atoms with van der Waals surface area (Å²) in [4.78, 5) is 0. The molecule has 1 N–H and O–H groups in total. The van der Waals surface area contributed by atoms with Crippen molar-refractivity contribution >= 4 is 5.71 Å². The Hall–Kier alpha value is -2.02. The summed E-state index contributed by atoms with van der Waals surface area (Å²) in [7, 11) is 0. The molecule has 0 aromatic heterocycles. The summed E-state index contributed by atoms with van der Waals surface area (Å²) in [5.74, 6) is 1.09. The molecule has 0 amide bonds. The van der Waals surface area contributed by atoms with E-state index in [0.29, 0.717) is 11.5 Å². The maximum absolute atomic E-state index is 8.74. The van der Waals surface area contributed by atoms with E-state index in [1.807, 2.05) is 12.1 Å². The summed E-state index contributed by atoms with van der Waals surface area (Å²) in [6, 6.07) is 9.00. The molecule has 0 radical (unpaired) electrons. The van der Waals surface area contributed by atoms with Gasteiger partial charge >= 0.3 is 0 Å². The summed E-state index contributed by atoms with van der Waals surface area (Å²) < 4.78 is 10.6. The van der Waals surface area contributed by atoms with Crippen LogP contribution in [-0.2, 0) is 0 Å². The number of ether oxygens (including phenoxy) is 2. The van der Waals surface area contributed by atoms with Crippen molar-refractivity contribution in [2.45, 2.75) is 6.10 Å². The quantitative estimate of drug-likeness (QED) is 0.668. The maximum atomic E-state index is 8.74. The molecule has 0 bridgehead atoms.